The number of benzene rings is 1. The molecule has 0 heterocycles. The van der Waals surface area contributed by atoms with Crippen LogP contribution in [0, 0.1) is 0 Å². The molecule has 0 bridgehead atoms. The lowest BCUT2D eigenvalue weighted by Gasteiger charge is -2.08. The summed E-state index contributed by atoms with van der Waals surface area (Å²) in [7, 11) is -3.71. The van der Waals surface area contributed by atoms with Crippen molar-refractivity contribution >= 4 is 10.1 Å². The molecule has 0 aliphatic rings. The van der Waals surface area contributed by atoms with Crippen molar-refractivity contribution in [3.63, 3.8) is 0 Å². The van der Waals surface area contributed by atoms with Crippen molar-refractivity contribution in [3.8, 4) is 0 Å². The molecule has 1 aromatic carbocycles. The average Bonchev–Trinajstić information content (AvgIpc) is 2.78. The zero-order valence-corrected chi connectivity index (χ0v) is 20.1. The SMILES string of the molecule is CCCCCCCCCCCCOCCOCCOCCOS(=O)(=O)c1ccccc1. The van der Waals surface area contributed by atoms with E-state index >= 15 is 0 Å². The van der Waals surface area contributed by atoms with Crippen LogP contribution in [-0.2, 0) is 28.5 Å². The van der Waals surface area contributed by atoms with Crippen molar-refractivity contribution in [1.29, 1.82) is 0 Å². The topological polar surface area (TPSA) is 71.1 Å². The second kappa shape index (κ2) is 19.7. The van der Waals surface area contributed by atoms with Crippen molar-refractivity contribution in [2.24, 2.45) is 0 Å². The molecule has 0 amide bonds. The van der Waals surface area contributed by atoms with Crippen LogP contribution in [0.15, 0.2) is 35.2 Å². The van der Waals surface area contributed by atoms with Gasteiger partial charge in [-0.25, -0.2) is 0 Å². The average molecular weight is 459 g/mol. The smallest absolute Gasteiger partial charge is 0.297 e. The Morgan fingerprint density at radius 2 is 1.03 bits per heavy atom. The number of ether oxygens (including phenoxy) is 3. The molecule has 0 unspecified atom stereocenters. The van der Waals surface area contributed by atoms with Crippen LogP contribution in [0.2, 0.25) is 0 Å². The zero-order chi connectivity index (χ0) is 22.5. The molecule has 1 rings (SSSR count). The van der Waals surface area contributed by atoms with Gasteiger partial charge in [0.15, 0.2) is 0 Å². The van der Waals surface area contributed by atoms with Gasteiger partial charge in [-0.1, -0.05) is 82.9 Å². The van der Waals surface area contributed by atoms with E-state index in [1.54, 1.807) is 18.2 Å². The van der Waals surface area contributed by atoms with Crippen LogP contribution in [0.5, 0.6) is 0 Å². The first-order valence-corrected chi connectivity index (χ1v) is 13.3. The van der Waals surface area contributed by atoms with E-state index in [1.807, 2.05) is 0 Å². The third-order valence-corrected chi connectivity index (χ3v) is 6.21. The molecule has 0 aliphatic carbocycles. The Hall–Kier alpha value is -0.990. The molecule has 0 atom stereocenters. The van der Waals surface area contributed by atoms with E-state index in [0.717, 1.165) is 13.0 Å². The van der Waals surface area contributed by atoms with Crippen LogP contribution >= 0.6 is 0 Å². The summed E-state index contributed by atoms with van der Waals surface area (Å²) in [4.78, 5) is 0.149. The molecule has 0 fully saturated rings. The number of hydrogen-bond acceptors (Lipinski definition) is 6. The molecule has 0 N–H and O–H groups in total. The summed E-state index contributed by atoms with van der Waals surface area (Å²) in [6.45, 7) is 5.22. The molecule has 0 aliphatic heterocycles. The molecule has 0 saturated carbocycles. The molecular weight excluding hydrogens is 416 g/mol. The molecule has 0 aromatic heterocycles. The van der Waals surface area contributed by atoms with Crippen molar-refractivity contribution < 1.29 is 26.8 Å². The largest absolute Gasteiger partial charge is 0.379 e. The second-order valence-corrected chi connectivity index (χ2v) is 9.22. The second-order valence-electron chi connectivity index (χ2n) is 7.61. The van der Waals surface area contributed by atoms with Crippen LogP contribution in [0.4, 0.5) is 0 Å². The van der Waals surface area contributed by atoms with E-state index in [1.165, 1.54) is 69.9 Å². The van der Waals surface area contributed by atoms with Gasteiger partial charge in [-0.15, -0.1) is 0 Å². The summed E-state index contributed by atoms with van der Waals surface area (Å²) in [6.07, 6.45) is 13.3. The molecule has 31 heavy (non-hydrogen) atoms. The van der Waals surface area contributed by atoms with E-state index < -0.39 is 10.1 Å². The van der Waals surface area contributed by atoms with Crippen molar-refractivity contribution in [2.75, 3.05) is 46.2 Å². The fourth-order valence-electron chi connectivity index (χ4n) is 3.09. The summed E-state index contributed by atoms with van der Waals surface area (Å²) in [5.74, 6) is 0. The lowest BCUT2D eigenvalue weighted by molar-refractivity contribution is 0.00912. The number of hydrogen-bond donors (Lipinski definition) is 0. The van der Waals surface area contributed by atoms with Gasteiger partial charge >= 0.3 is 0 Å². The highest BCUT2D eigenvalue weighted by Crippen LogP contribution is 2.11. The maximum atomic E-state index is 11.9. The molecule has 180 valence electrons. The monoisotopic (exact) mass is 458 g/mol. The van der Waals surface area contributed by atoms with Gasteiger partial charge in [-0.05, 0) is 18.6 Å². The normalized spacial score (nSPS) is 11.8. The Balaban J connectivity index is 1.77. The maximum absolute atomic E-state index is 11.9. The highest BCUT2D eigenvalue weighted by molar-refractivity contribution is 7.86. The van der Waals surface area contributed by atoms with Crippen molar-refractivity contribution in [3.05, 3.63) is 30.3 Å². The third kappa shape index (κ3) is 16.3. The summed E-state index contributed by atoms with van der Waals surface area (Å²) < 4.78 is 45.1. The molecule has 7 heteroatoms. The molecular formula is C24H42O6S. The quantitative estimate of drug-likeness (QED) is 0.172. The van der Waals surface area contributed by atoms with Gasteiger partial charge in [-0.3, -0.25) is 4.18 Å². The van der Waals surface area contributed by atoms with E-state index in [-0.39, 0.29) is 18.1 Å². The van der Waals surface area contributed by atoms with E-state index in [2.05, 4.69) is 6.92 Å². The number of unbranched alkanes of at least 4 members (excludes halogenated alkanes) is 9. The Morgan fingerprint density at radius 3 is 1.58 bits per heavy atom. The minimum absolute atomic E-state index is 0.0147. The first-order chi connectivity index (χ1) is 15.2. The summed E-state index contributed by atoms with van der Waals surface area (Å²) in [5, 5.41) is 0. The summed E-state index contributed by atoms with van der Waals surface area (Å²) in [5.41, 5.74) is 0. The minimum Gasteiger partial charge on any atom is -0.379 e. The predicted molar refractivity (Wildman–Crippen MR) is 124 cm³/mol. The highest BCUT2D eigenvalue weighted by Gasteiger charge is 2.13. The van der Waals surface area contributed by atoms with Crippen LogP contribution in [0.3, 0.4) is 0 Å². The van der Waals surface area contributed by atoms with Gasteiger partial charge in [-0.2, -0.15) is 8.42 Å². The molecule has 0 spiro atoms. The minimum atomic E-state index is -3.71. The van der Waals surface area contributed by atoms with Gasteiger partial charge < -0.3 is 14.2 Å². The Labute approximate surface area is 189 Å². The standard InChI is InChI=1S/C24H42O6S/c1-2-3-4-5-6-7-8-9-10-14-17-27-18-19-28-20-21-29-22-23-30-31(25,26)24-15-12-11-13-16-24/h11-13,15-16H,2-10,14,17-23H2,1H3. The number of rotatable bonds is 22. The maximum Gasteiger partial charge on any atom is 0.297 e. The van der Waals surface area contributed by atoms with Crippen LogP contribution in [-0.4, -0.2) is 54.7 Å². The highest BCUT2D eigenvalue weighted by atomic mass is 32.2. The van der Waals surface area contributed by atoms with Crippen LogP contribution < -0.4 is 0 Å². The van der Waals surface area contributed by atoms with Gasteiger partial charge in [0.1, 0.15) is 0 Å². The lowest BCUT2D eigenvalue weighted by Crippen LogP contribution is -2.14. The predicted octanol–water partition coefficient (Wildman–Crippen LogP) is 5.36. The molecule has 0 radical (unpaired) electrons. The molecule has 0 saturated heterocycles. The van der Waals surface area contributed by atoms with Gasteiger partial charge in [0.2, 0.25) is 0 Å². The third-order valence-electron chi connectivity index (χ3n) is 4.88. The Bertz CT molecular complexity index is 606. The van der Waals surface area contributed by atoms with Gasteiger partial charge in [0.05, 0.1) is 44.5 Å². The Morgan fingerprint density at radius 1 is 0.581 bits per heavy atom. The summed E-state index contributed by atoms with van der Waals surface area (Å²) >= 11 is 0. The summed E-state index contributed by atoms with van der Waals surface area (Å²) in [6, 6.07) is 8.08. The molecule has 6 nitrogen and oxygen atoms in total. The fourth-order valence-corrected chi connectivity index (χ4v) is 4.01. The fraction of sp³-hybridized carbons (Fsp3) is 0.750. The van der Waals surface area contributed by atoms with Crippen LogP contribution in [0.25, 0.3) is 0 Å². The van der Waals surface area contributed by atoms with E-state index in [4.69, 9.17) is 18.4 Å². The molecule has 1 aromatic rings. The van der Waals surface area contributed by atoms with E-state index in [0.29, 0.717) is 26.4 Å². The first kappa shape index (κ1) is 28.0. The van der Waals surface area contributed by atoms with Crippen molar-refractivity contribution in [1.82, 2.24) is 0 Å². The van der Waals surface area contributed by atoms with Gasteiger partial charge in [0, 0.05) is 6.61 Å². The zero-order valence-electron chi connectivity index (χ0n) is 19.3. The Kier molecular flexibility index (Phi) is 17.8. The van der Waals surface area contributed by atoms with Crippen LogP contribution in [0.1, 0.15) is 71.1 Å². The van der Waals surface area contributed by atoms with Crippen molar-refractivity contribution in [2.45, 2.75) is 76.0 Å². The lowest BCUT2D eigenvalue weighted by atomic mass is 10.1. The van der Waals surface area contributed by atoms with E-state index in [9.17, 15) is 8.42 Å². The first-order valence-electron chi connectivity index (χ1n) is 11.8. The van der Waals surface area contributed by atoms with Gasteiger partial charge in [0.25, 0.3) is 10.1 Å².